The third-order valence-corrected chi connectivity index (χ3v) is 3.55. The Labute approximate surface area is 121 Å². The lowest BCUT2D eigenvalue weighted by molar-refractivity contribution is -0.126. The topological polar surface area (TPSA) is 64.7 Å². The molecule has 1 saturated heterocycles. The average Bonchev–Trinajstić information content (AvgIpc) is 2.46. The summed E-state index contributed by atoms with van der Waals surface area (Å²) in [7, 11) is 3.51. The number of piperidine rings is 1. The zero-order chi connectivity index (χ0) is 15.0. The summed E-state index contributed by atoms with van der Waals surface area (Å²) in [4.78, 5) is 27.2. The molecule has 0 unspecified atom stereocenters. The number of nitrogens with one attached hydrogen (secondary N) is 2. The Kier molecular flexibility index (Phi) is 7.36. The minimum Gasteiger partial charge on any atom is -0.355 e. The molecule has 1 aliphatic heterocycles. The van der Waals surface area contributed by atoms with Crippen molar-refractivity contribution in [2.45, 2.75) is 26.2 Å². The predicted octanol–water partition coefficient (Wildman–Crippen LogP) is 0.496. The van der Waals surface area contributed by atoms with Gasteiger partial charge in [0.15, 0.2) is 0 Å². The fourth-order valence-corrected chi connectivity index (χ4v) is 2.34. The van der Waals surface area contributed by atoms with Gasteiger partial charge in [0.2, 0.25) is 5.91 Å². The molecule has 0 aliphatic carbocycles. The maximum atomic E-state index is 12.0. The lowest BCUT2D eigenvalue weighted by atomic mass is 9.96. The molecule has 0 aromatic rings. The van der Waals surface area contributed by atoms with Gasteiger partial charge in [-0.1, -0.05) is 6.92 Å². The van der Waals surface area contributed by atoms with Crippen molar-refractivity contribution in [1.29, 1.82) is 0 Å². The highest BCUT2D eigenvalue weighted by Crippen LogP contribution is 2.17. The van der Waals surface area contributed by atoms with Crippen molar-refractivity contribution in [2.75, 3.05) is 46.8 Å². The quantitative estimate of drug-likeness (QED) is 0.698. The summed E-state index contributed by atoms with van der Waals surface area (Å²) >= 11 is 0. The van der Waals surface area contributed by atoms with E-state index in [0.717, 1.165) is 32.4 Å². The molecule has 0 saturated carbocycles. The maximum Gasteiger partial charge on any atom is 0.319 e. The molecule has 1 fully saturated rings. The first-order chi connectivity index (χ1) is 9.56. The molecule has 6 heteroatoms. The van der Waals surface area contributed by atoms with Crippen LogP contribution in [0.3, 0.4) is 0 Å². The van der Waals surface area contributed by atoms with Crippen LogP contribution in [-0.4, -0.2) is 68.6 Å². The van der Waals surface area contributed by atoms with Crippen LogP contribution in [0.4, 0.5) is 4.79 Å². The monoisotopic (exact) mass is 284 g/mol. The summed E-state index contributed by atoms with van der Waals surface area (Å²) < 4.78 is 0. The van der Waals surface area contributed by atoms with Crippen LogP contribution in [-0.2, 0) is 4.79 Å². The second-order valence-corrected chi connectivity index (χ2v) is 5.48. The van der Waals surface area contributed by atoms with Crippen molar-refractivity contribution in [1.82, 2.24) is 20.4 Å². The van der Waals surface area contributed by atoms with Crippen molar-refractivity contribution in [3.05, 3.63) is 0 Å². The third kappa shape index (κ3) is 5.36. The van der Waals surface area contributed by atoms with E-state index in [1.807, 2.05) is 4.90 Å². The molecule has 2 N–H and O–H groups in total. The Morgan fingerprint density at radius 3 is 2.35 bits per heavy atom. The number of urea groups is 1. The van der Waals surface area contributed by atoms with Gasteiger partial charge in [0.05, 0.1) is 0 Å². The summed E-state index contributed by atoms with van der Waals surface area (Å²) in [6, 6.07) is 0.0348. The lowest BCUT2D eigenvalue weighted by Crippen LogP contribution is -2.47. The number of carbonyl (C=O) groups is 2. The molecule has 0 bridgehead atoms. The summed E-state index contributed by atoms with van der Waals surface area (Å²) in [5.41, 5.74) is 0. The number of hydrogen-bond donors (Lipinski definition) is 2. The second kappa shape index (κ2) is 8.79. The summed E-state index contributed by atoms with van der Waals surface area (Å²) in [6.07, 6.45) is 2.62. The summed E-state index contributed by atoms with van der Waals surface area (Å²) in [5, 5.41) is 6.22. The van der Waals surface area contributed by atoms with Crippen LogP contribution < -0.4 is 10.6 Å². The van der Waals surface area contributed by atoms with Gasteiger partial charge in [0.25, 0.3) is 0 Å². The van der Waals surface area contributed by atoms with Gasteiger partial charge in [-0.3, -0.25) is 4.79 Å². The molecule has 116 valence electrons. The van der Waals surface area contributed by atoms with E-state index in [4.69, 9.17) is 0 Å². The van der Waals surface area contributed by atoms with Crippen LogP contribution >= 0.6 is 0 Å². The van der Waals surface area contributed by atoms with Gasteiger partial charge in [-0.05, 0) is 25.8 Å². The number of carbonyl (C=O) groups excluding carboxylic acids is 2. The highest BCUT2D eigenvalue weighted by Gasteiger charge is 2.27. The van der Waals surface area contributed by atoms with Crippen LogP contribution in [0.5, 0.6) is 0 Å². The fraction of sp³-hybridized carbons (Fsp3) is 0.857. The molecule has 1 aliphatic rings. The molecule has 0 spiro atoms. The standard InChI is InChI=1S/C14H28N4O2/c1-4-7-15-8-9-16-13(19)12-5-10-18(11-6-12)14(20)17(2)3/h12,15H,4-11H2,1-3H3,(H,16,19). The third-order valence-electron chi connectivity index (χ3n) is 3.55. The van der Waals surface area contributed by atoms with E-state index >= 15 is 0 Å². The predicted molar refractivity (Wildman–Crippen MR) is 79.6 cm³/mol. The van der Waals surface area contributed by atoms with E-state index in [1.165, 1.54) is 0 Å². The van der Waals surface area contributed by atoms with Gasteiger partial charge in [-0.2, -0.15) is 0 Å². The molecule has 1 rings (SSSR count). The highest BCUT2D eigenvalue weighted by atomic mass is 16.2. The Balaban J connectivity index is 2.20. The minimum absolute atomic E-state index is 0.0348. The van der Waals surface area contributed by atoms with Gasteiger partial charge in [-0.15, -0.1) is 0 Å². The number of likely N-dealkylation sites (tertiary alicyclic amines) is 1. The SMILES string of the molecule is CCCNCCNC(=O)C1CCN(C(=O)N(C)C)CC1. The fourth-order valence-electron chi connectivity index (χ4n) is 2.34. The van der Waals surface area contributed by atoms with Crippen molar-refractivity contribution in [3.8, 4) is 0 Å². The van der Waals surface area contributed by atoms with E-state index in [9.17, 15) is 9.59 Å². The van der Waals surface area contributed by atoms with E-state index < -0.39 is 0 Å². The molecule has 0 aromatic heterocycles. The van der Waals surface area contributed by atoms with E-state index in [-0.39, 0.29) is 17.9 Å². The maximum absolute atomic E-state index is 12.0. The number of nitrogens with zero attached hydrogens (tertiary/aromatic N) is 2. The van der Waals surface area contributed by atoms with Crippen molar-refractivity contribution >= 4 is 11.9 Å². The Morgan fingerprint density at radius 2 is 1.80 bits per heavy atom. The van der Waals surface area contributed by atoms with Gasteiger partial charge in [0.1, 0.15) is 0 Å². The van der Waals surface area contributed by atoms with Gasteiger partial charge in [-0.25, -0.2) is 4.79 Å². The van der Waals surface area contributed by atoms with Crippen LogP contribution in [0.1, 0.15) is 26.2 Å². The number of hydrogen-bond acceptors (Lipinski definition) is 3. The molecule has 20 heavy (non-hydrogen) atoms. The molecular weight excluding hydrogens is 256 g/mol. The Bertz CT molecular complexity index is 312. The first kappa shape index (κ1) is 16.8. The number of amides is 3. The van der Waals surface area contributed by atoms with E-state index in [1.54, 1.807) is 19.0 Å². The largest absolute Gasteiger partial charge is 0.355 e. The lowest BCUT2D eigenvalue weighted by Gasteiger charge is -2.33. The zero-order valence-corrected chi connectivity index (χ0v) is 12.9. The van der Waals surface area contributed by atoms with Crippen LogP contribution in [0.25, 0.3) is 0 Å². The second-order valence-electron chi connectivity index (χ2n) is 5.48. The summed E-state index contributed by atoms with van der Waals surface area (Å²) in [6.45, 7) is 5.94. The Hall–Kier alpha value is -1.30. The van der Waals surface area contributed by atoms with Gasteiger partial charge in [0, 0.05) is 46.2 Å². The molecule has 3 amide bonds. The normalized spacial score (nSPS) is 16.1. The molecule has 0 radical (unpaired) electrons. The first-order valence-electron chi connectivity index (χ1n) is 7.51. The van der Waals surface area contributed by atoms with Crippen molar-refractivity contribution in [2.24, 2.45) is 5.92 Å². The first-order valence-corrected chi connectivity index (χ1v) is 7.51. The van der Waals surface area contributed by atoms with Gasteiger partial charge >= 0.3 is 6.03 Å². The molecule has 0 atom stereocenters. The smallest absolute Gasteiger partial charge is 0.319 e. The van der Waals surface area contributed by atoms with E-state index in [0.29, 0.717) is 19.6 Å². The van der Waals surface area contributed by atoms with Crippen molar-refractivity contribution in [3.63, 3.8) is 0 Å². The van der Waals surface area contributed by atoms with Gasteiger partial charge < -0.3 is 20.4 Å². The minimum atomic E-state index is 0.0348. The zero-order valence-electron chi connectivity index (χ0n) is 12.9. The average molecular weight is 284 g/mol. The Morgan fingerprint density at radius 1 is 1.15 bits per heavy atom. The van der Waals surface area contributed by atoms with Crippen LogP contribution in [0.15, 0.2) is 0 Å². The molecule has 0 aromatic carbocycles. The highest BCUT2D eigenvalue weighted by molar-refractivity contribution is 5.79. The summed E-state index contributed by atoms with van der Waals surface area (Å²) in [5.74, 6) is 0.174. The number of rotatable bonds is 6. The molecular formula is C14H28N4O2. The molecule has 6 nitrogen and oxygen atoms in total. The van der Waals surface area contributed by atoms with E-state index in [2.05, 4.69) is 17.6 Å². The van der Waals surface area contributed by atoms with Crippen LogP contribution in [0, 0.1) is 5.92 Å². The van der Waals surface area contributed by atoms with Crippen LogP contribution in [0.2, 0.25) is 0 Å². The van der Waals surface area contributed by atoms with Crippen molar-refractivity contribution < 1.29 is 9.59 Å². The molecule has 1 heterocycles.